The van der Waals surface area contributed by atoms with Crippen LogP contribution < -0.4 is 21.3 Å². The highest BCUT2D eigenvalue weighted by molar-refractivity contribution is 8.00. The Kier molecular flexibility index (Phi) is 23.8. The van der Waals surface area contributed by atoms with Gasteiger partial charge in [0.15, 0.2) is 0 Å². The number of nitrogens with zero attached hydrogens (tertiary/aromatic N) is 3. The van der Waals surface area contributed by atoms with Crippen LogP contribution in [0.1, 0.15) is 76.6 Å². The number of aromatic nitrogens is 1. The molecule has 0 unspecified atom stereocenters. The minimum atomic E-state index is -1.61. The molecule has 15 nitrogen and oxygen atoms in total. The van der Waals surface area contributed by atoms with Crippen LogP contribution in [0.3, 0.4) is 0 Å². The molecular formula is C54H79F2N7O8SSi2. The molecule has 0 saturated carbocycles. The lowest BCUT2D eigenvalue weighted by Crippen LogP contribution is -2.50. The minimum absolute atomic E-state index is 0.0551. The molecule has 74 heavy (non-hydrogen) atoms. The number of hydrogen-bond donors (Lipinski definition) is 4. The van der Waals surface area contributed by atoms with Crippen molar-refractivity contribution >= 4 is 69.4 Å². The first kappa shape index (κ1) is 60.9. The van der Waals surface area contributed by atoms with E-state index in [2.05, 4.69) is 60.5 Å². The van der Waals surface area contributed by atoms with Crippen molar-refractivity contribution in [2.24, 2.45) is 5.41 Å². The largest absolute Gasteiger partial charge is 0.450 e. The van der Waals surface area contributed by atoms with E-state index in [9.17, 15) is 38.0 Å². The van der Waals surface area contributed by atoms with E-state index in [1.54, 1.807) is 17.2 Å². The number of unbranched alkanes of at least 4 members (excludes halogenated alkanes) is 2. The summed E-state index contributed by atoms with van der Waals surface area (Å²) in [5.41, 5.74) is 1.51. The molecule has 2 atom stereocenters. The number of nitrogens with one attached hydrogen (secondary N) is 4. The van der Waals surface area contributed by atoms with Gasteiger partial charge in [-0.3, -0.25) is 33.7 Å². The zero-order valence-corrected chi connectivity index (χ0v) is 47.7. The normalized spacial score (nSPS) is 13.6. The summed E-state index contributed by atoms with van der Waals surface area (Å²) in [6, 6.07) is 14.7. The zero-order chi connectivity index (χ0) is 54.6. The summed E-state index contributed by atoms with van der Waals surface area (Å²) in [5, 5.41) is 11.3. The van der Waals surface area contributed by atoms with Crippen molar-refractivity contribution < 1.29 is 47.1 Å². The number of carbonyl (C=O) groups is 7. The quantitative estimate of drug-likeness (QED) is 0.0288. The lowest BCUT2D eigenvalue weighted by atomic mass is 9.83. The topological polar surface area (TPSA) is 188 Å². The molecule has 0 bridgehead atoms. The summed E-state index contributed by atoms with van der Waals surface area (Å²) in [6.45, 7) is 20.7. The second-order valence-electron chi connectivity index (χ2n) is 22.3. The summed E-state index contributed by atoms with van der Waals surface area (Å²) in [5.74, 6) is -3.14. The van der Waals surface area contributed by atoms with E-state index in [0.717, 1.165) is 29.8 Å². The Labute approximate surface area is 442 Å². The van der Waals surface area contributed by atoms with E-state index in [-0.39, 0.29) is 85.6 Å². The van der Waals surface area contributed by atoms with Gasteiger partial charge in [0.2, 0.25) is 23.6 Å². The molecule has 7 amide bonds. The van der Waals surface area contributed by atoms with Crippen LogP contribution in [0.2, 0.25) is 51.4 Å². The summed E-state index contributed by atoms with van der Waals surface area (Å²) in [4.78, 5) is 93.7. The fourth-order valence-electron chi connectivity index (χ4n) is 8.22. The molecule has 20 heteroatoms. The molecule has 2 heterocycles. The van der Waals surface area contributed by atoms with E-state index >= 15 is 4.39 Å². The number of alkyl carbamates (subject to hydrolysis) is 1. The van der Waals surface area contributed by atoms with Gasteiger partial charge in [0.1, 0.15) is 17.7 Å². The van der Waals surface area contributed by atoms with E-state index in [4.69, 9.17) is 4.74 Å². The number of amides is 7. The minimum Gasteiger partial charge on any atom is -0.450 e. The first-order chi connectivity index (χ1) is 34.8. The molecule has 1 aromatic heterocycles. The van der Waals surface area contributed by atoms with Crippen LogP contribution in [-0.4, -0.2) is 129 Å². The monoisotopic (exact) mass is 1080 g/mol. The number of halogens is 2. The third-order valence-electron chi connectivity index (χ3n) is 12.2. The SMILES string of the molecule is CC(C)(C)[C@H](c1cc(-c2cc(F)ccc2F)cn1Cc1ccccc1)N(CCCNC(=O)OCC[Si](C)(C)C)C(=O)CSC[C@H](NC(=O)CC[Si](C)(C)C)C(=O)NCCNC(=O)CCCCCN1C(=O)C=CC1=O. The maximum atomic E-state index is 15.5. The summed E-state index contributed by atoms with van der Waals surface area (Å²) in [7, 11) is -3.04. The van der Waals surface area contributed by atoms with Crippen molar-refractivity contribution in [2.45, 2.75) is 129 Å². The van der Waals surface area contributed by atoms with Gasteiger partial charge in [-0.1, -0.05) is 96.8 Å². The van der Waals surface area contributed by atoms with Crippen molar-refractivity contribution in [1.82, 2.24) is 35.6 Å². The fraction of sp³-hybridized carbons (Fsp3) is 0.537. The molecule has 1 aliphatic heterocycles. The number of carbonyl (C=O) groups excluding carboxylic acids is 7. The number of benzene rings is 2. The van der Waals surface area contributed by atoms with Crippen LogP contribution in [-0.2, 0) is 40.0 Å². The van der Waals surface area contributed by atoms with Gasteiger partial charge in [-0.25, -0.2) is 13.6 Å². The molecule has 4 N–H and O–H groups in total. The number of ether oxygens (including phenoxy) is 1. The first-order valence-electron chi connectivity index (χ1n) is 25.7. The van der Waals surface area contributed by atoms with Gasteiger partial charge in [0.05, 0.1) is 18.4 Å². The molecule has 0 radical (unpaired) electrons. The van der Waals surface area contributed by atoms with Gasteiger partial charge in [0, 0.05) is 109 Å². The molecule has 0 spiro atoms. The third kappa shape index (κ3) is 21.3. The fourth-order valence-corrected chi connectivity index (χ4v) is 10.8. The number of imide groups is 1. The Balaban J connectivity index is 1.52. The highest BCUT2D eigenvalue weighted by atomic mass is 32.2. The van der Waals surface area contributed by atoms with E-state index in [1.807, 2.05) is 55.7 Å². The van der Waals surface area contributed by atoms with Crippen molar-refractivity contribution in [1.29, 1.82) is 0 Å². The Morgan fingerprint density at radius 2 is 1.45 bits per heavy atom. The van der Waals surface area contributed by atoms with Crippen LogP contribution in [0.15, 0.2) is 72.9 Å². The van der Waals surface area contributed by atoms with Crippen LogP contribution in [0, 0.1) is 17.0 Å². The van der Waals surface area contributed by atoms with E-state index in [1.165, 1.54) is 28.8 Å². The van der Waals surface area contributed by atoms with Crippen molar-refractivity contribution in [2.75, 3.05) is 50.8 Å². The average Bonchev–Trinajstić information content (AvgIpc) is 3.87. The van der Waals surface area contributed by atoms with Crippen molar-refractivity contribution in [3.8, 4) is 11.1 Å². The maximum Gasteiger partial charge on any atom is 0.407 e. The van der Waals surface area contributed by atoms with Gasteiger partial charge in [0.25, 0.3) is 11.8 Å². The molecular weight excluding hydrogens is 1000 g/mol. The Hall–Kier alpha value is -5.61. The summed E-state index contributed by atoms with van der Waals surface area (Å²) in [6.07, 6.45) is 6.31. The molecule has 1 aliphatic rings. The predicted molar refractivity (Wildman–Crippen MR) is 294 cm³/mol. The van der Waals surface area contributed by atoms with E-state index in [0.29, 0.717) is 62.7 Å². The van der Waals surface area contributed by atoms with Gasteiger partial charge in [-0.15, -0.1) is 11.8 Å². The molecule has 3 aromatic rings. The first-order valence-corrected chi connectivity index (χ1v) is 34.2. The Morgan fingerprint density at radius 3 is 2.11 bits per heavy atom. The molecule has 2 aromatic carbocycles. The number of hydrogen-bond acceptors (Lipinski definition) is 9. The third-order valence-corrected chi connectivity index (χ3v) is 16.7. The molecule has 0 saturated heterocycles. The number of thioether (sulfide) groups is 1. The van der Waals surface area contributed by atoms with Gasteiger partial charge in [-0.2, -0.15) is 0 Å². The van der Waals surface area contributed by atoms with Crippen LogP contribution in [0.5, 0.6) is 0 Å². The van der Waals surface area contributed by atoms with E-state index < -0.39 is 57.3 Å². The summed E-state index contributed by atoms with van der Waals surface area (Å²) >= 11 is 1.19. The van der Waals surface area contributed by atoms with Gasteiger partial charge in [-0.05, 0) is 66.6 Å². The highest BCUT2D eigenvalue weighted by Crippen LogP contribution is 2.41. The highest BCUT2D eigenvalue weighted by Gasteiger charge is 2.37. The Bertz CT molecular complexity index is 2400. The van der Waals surface area contributed by atoms with Crippen molar-refractivity contribution in [3.05, 3.63) is 95.8 Å². The molecule has 406 valence electrons. The molecule has 0 fully saturated rings. The summed E-state index contributed by atoms with van der Waals surface area (Å²) < 4.78 is 37.5. The zero-order valence-electron chi connectivity index (χ0n) is 44.9. The molecule has 0 aliphatic carbocycles. The lowest BCUT2D eigenvalue weighted by molar-refractivity contribution is -0.137. The lowest BCUT2D eigenvalue weighted by Gasteiger charge is -2.41. The second kappa shape index (κ2) is 28.9. The second-order valence-corrected chi connectivity index (χ2v) is 34.6. The number of rotatable bonds is 30. The van der Waals surface area contributed by atoms with Crippen LogP contribution in [0.4, 0.5) is 13.6 Å². The van der Waals surface area contributed by atoms with Crippen molar-refractivity contribution in [3.63, 3.8) is 0 Å². The Morgan fingerprint density at radius 1 is 0.770 bits per heavy atom. The van der Waals surface area contributed by atoms with Crippen LogP contribution in [0.25, 0.3) is 11.1 Å². The predicted octanol–water partition coefficient (Wildman–Crippen LogP) is 8.52. The maximum absolute atomic E-state index is 15.5. The average molecular weight is 1080 g/mol. The van der Waals surface area contributed by atoms with Gasteiger partial charge >= 0.3 is 6.09 Å². The van der Waals surface area contributed by atoms with Gasteiger partial charge < -0.3 is 35.5 Å². The standard InChI is InChI=1S/C54H79F2N7O8SSi2/c1-54(2,3)51(45-33-40(42-34-41(55)20-21-43(42)56)36-61(45)35-39-17-12-10-13-18-39)63(29-16-25-59-53(70)71-30-32-74(7,8)9)50(68)38-72-37-44(60-47(65)24-31-73(4,5)6)52(69)58-27-26-57-46(64)19-14-11-15-28-62-48(66)22-23-49(62)67/h10,12-13,17-18,20-23,33-34,36,44,51H,11,14-16,19,24-32,35,37-38H2,1-9H3,(H,57,64)(H,58,69)(H,59,70)(H,60,65)/t44-,51-/m0/s1. The smallest absolute Gasteiger partial charge is 0.407 e. The van der Waals surface area contributed by atoms with Crippen LogP contribution >= 0.6 is 11.8 Å². The molecule has 4 rings (SSSR count).